The van der Waals surface area contributed by atoms with Gasteiger partial charge < -0.3 is 20.9 Å². The van der Waals surface area contributed by atoms with E-state index >= 15 is 0 Å². The van der Waals surface area contributed by atoms with Crippen LogP contribution in [-0.4, -0.2) is 42.3 Å². The molecule has 0 spiro atoms. The van der Waals surface area contributed by atoms with Crippen LogP contribution >= 0.6 is 0 Å². The zero-order chi connectivity index (χ0) is 14.2. The van der Waals surface area contributed by atoms with Crippen molar-refractivity contribution < 1.29 is 19.4 Å². The predicted molar refractivity (Wildman–Crippen MR) is 68.2 cm³/mol. The Hall–Kier alpha value is -1.14. The van der Waals surface area contributed by atoms with Gasteiger partial charge in [0.25, 0.3) is 0 Å². The van der Waals surface area contributed by atoms with E-state index in [1.54, 1.807) is 21.0 Å². The Morgan fingerprint density at radius 1 is 1.44 bits per heavy atom. The molecule has 0 fully saturated rings. The lowest BCUT2D eigenvalue weighted by molar-refractivity contribution is -0.138. The fourth-order valence-electron chi connectivity index (χ4n) is 1.49. The average Bonchev–Trinajstić information content (AvgIpc) is 2.26. The van der Waals surface area contributed by atoms with Gasteiger partial charge in [0, 0.05) is 25.7 Å². The molecular formula is C12H24N2O4. The molecule has 1 amide bonds. The lowest BCUT2D eigenvalue weighted by Gasteiger charge is -2.27. The van der Waals surface area contributed by atoms with Gasteiger partial charge in [-0.2, -0.15) is 0 Å². The third-order valence-corrected chi connectivity index (χ3v) is 2.63. The molecular weight excluding hydrogens is 236 g/mol. The van der Waals surface area contributed by atoms with Crippen molar-refractivity contribution in [1.82, 2.24) is 5.32 Å². The molecule has 0 heterocycles. The first-order chi connectivity index (χ1) is 8.28. The van der Waals surface area contributed by atoms with E-state index < -0.39 is 17.6 Å². The van der Waals surface area contributed by atoms with Gasteiger partial charge in [-0.1, -0.05) is 0 Å². The van der Waals surface area contributed by atoms with Crippen molar-refractivity contribution in [3.05, 3.63) is 0 Å². The van der Waals surface area contributed by atoms with E-state index in [9.17, 15) is 9.59 Å². The molecule has 106 valence electrons. The molecule has 0 rings (SSSR count). The maximum Gasteiger partial charge on any atom is 0.303 e. The zero-order valence-corrected chi connectivity index (χ0v) is 11.4. The first-order valence-electron chi connectivity index (χ1n) is 6.07. The van der Waals surface area contributed by atoms with E-state index in [-0.39, 0.29) is 12.3 Å². The van der Waals surface area contributed by atoms with Crippen LogP contribution in [0.2, 0.25) is 0 Å². The molecule has 0 aliphatic carbocycles. The van der Waals surface area contributed by atoms with Gasteiger partial charge in [-0.15, -0.1) is 0 Å². The lowest BCUT2D eigenvalue weighted by atomic mass is 9.97. The summed E-state index contributed by atoms with van der Waals surface area (Å²) in [6.07, 6.45) is 1.67. The molecule has 0 aromatic rings. The van der Waals surface area contributed by atoms with Crippen LogP contribution in [0.3, 0.4) is 0 Å². The first-order valence-corrected chi connectivity index (χ1v) is 6.07. The summed E-state index contributed by atoms with van der Waals surface area (Å²) in [5.41, 5.74) is 5.18. The minimum atomic E-state index is -0.873. The minimum absolute atomic E-state index is 0.0200. The number of rotatable bonds is 9. The number of carboxylic acid groups (broad SMARTS) is 1. The molecule has 0 bridgehead atoms. The van der Waals surface area contributed by atoms with Crippen molar-refractivity contribution in [2.45, 2.75) is 51.1 Å². The molecule has 6 nitrogen and oxygen atoms in total. The molecule has 1 unspecified atom stereocenters. The number of hydrogen-bond acceptors (Lipinski definition) is 4. The summed E-state index contributed by atoms with van der Waals surface area (Å²) < 4.78 is 4.89. The minimum Gasteiger partial charge on any atom is -0.481 e. The molecule has 18 heavy (non-hydrogen) atoms. The first kappa shape index (κ1) is 16.9. The van der Waals surface area contributed by atoms with Crippen LogP contribution in [-0.2, 0) is 14.3 Å². The van der Waals surface area contributed by atoms with E-state index in [0.29, 0.717) is 19.4 Å². The summed E-state index contributed by atoms with van der Waals surface area (Å²) in [4.78, 5) is 22.3. The molecule has 1 atom stereocenters. The molecule has 0 saturated carbocycles. The Labute approximate surface area is 108 Å². The highest BCUT2D eigenvalue weighted by Gasteiger charge is 2.24. The number of amides is 1. The Balaban J connectivity index is 4.07. The normalized spacial score (nSPS) is 13.1. The topological polar surface area (TPSA) is 102 Å². The van der Waals surface area contributed by atoms with Gasteiger partial charge in [-0.3, -0.25) is 9.59 Å². The van der Waals surface area contributed by atoms with Gasteiger partial charge in [0.05, 0.1) is 6.04 Å². The summed E-state index contributed by atoms with van der Waals surface area (Å²) >= 11 is 0. The van der Waals surface area contributed by atoms with Crippen molar-refractivity contribution in [2.24, 2.45) is 5.73 Å². The van der Waals surface area contributed by atoms with Crippen molar-refractivity contribution >= 4 is 11.9 Å². The molecule has 0 aromatic carbocycles. The Kier molecular flexibility index (Phi) is 7.54. The van der Waals surface area contributed by atoms with E-state index in [1.807, 2.05) is 0 Å². The SMILES string of the molecule is COCCCC(N)C(=O)NC(C)(C)CCC(=O)O. The van der Waals surface area contributed by atoms with Gasteiger partial charge in [-0.05, 0) is 33.1 Å². The van der Waals surface area contributed by atoms with Crippen LogP contribution in [0.4, 0.5) is 0 Å². The van der Waals surface area contributed by atoms with Crippen molar-refractivity contribution in [3.8, 4) is 0 Å². The summed E-state index contributed by atoms with van der Waals surface area (Å²) in [6.45, 7) is 4.15. The summed E-state index contributed by atoms with van der Waals surface area (Å²) in [6, 6.07) is -0.579. The second-order valence-electron chi connectivity index (χ2n) is 5.01. The van der Waals surface area contributed by atoms with Gasteiger partial charge in [0.1, 0.15) is 0 Å². The standard InChI is InChI=1S/C12H24N2O4/c1-12(2,7-6-10(15)16)14-11(17)9(13)5-4-8-18-3/h9H,4-8,13H2,1-3H3,(H,14,17)(H,15,16). The van der Waals surface area contributed by atoms with Crippen LogP contribution in [0.1, 0.15) is 39.5 Å². The molecule has 6 heteroatoms. The van der Waals surface area contributed by atoms with Crippen LogP contribution in [0.25, 0.3) is 0 Å². The second-order valence-corrected chi connectivity index (χ2v) is 5.01. The van der Waals surface area contributed by atoms with Gasteiger partial charge in [-0.25, -0.2) is 0 Å². The highest BCUT2D eigenvalue weighted by Crippen LogP contribution is 2.11. The van der Waals surface area contributed by atoms with Crippen LogP contribution in [0.15, 0.2) is 0 Å². The fraction of sp³-hybridized carbons (Fsp3) is 0.833. The quantitative estimate of drug-likeness (QED) is 0.524. The molecule has 0 saturated heterocycles. The Morgan fingerprint density at radius 3 is 2.56 bits per heavy atom. The highest BCUT2D eigenvalue weighted by molar-refractivity contribution is 5.82. The fourth-order valence-corrected chi connectivity index (χ4v) is 1.49. The van der Waals surface area contributed by atoms with E-state index in [1.165, 1.54) is 0 Å². The number of aliphatic carboxylic acids is 1. The Morgan fingerprint density at radius 2 is 2.06 bits per heavy atom. The van der Waals surface area contributed by atoms with E-state index in [2.05, 4.69) is 5.32 Å². The number of carbonyl (C=O) groups is 2. The van der Waals surface area contributed by atoms with Crippen molar-refractivity contribution in [1.29, 1.82) is 0 Å². The smallest absolute Gasteiger partial charge is 0.303 e. The number of nitrogens with one attached hydrogen (secondary N) is 1. The summed E-state index contributed by atoms with van der Waals surface area (Å²) in [5, 5.41) is 11.4. The summed E-state index contributed by atoms with van der Waals surface area (Å²) in [5.74, 6) is -1.12. The summed E-state index contributed by atoms with van der Waals surface area (Å²) in [7, 11) is 1.60. The average molecular weight is 260 g/mol. The monoisotopic (exact) mass is 260 g/mol. The second kappa shape index (κ2) is 8.05. The van der Waals surface area contributed by atoms with Crippen molar-refractivity contribution in [3.63, 3.8) is 0 Å². The van der Waals surface area contributed by atoms with Crippen LogP contribution < -0.4 is 11.1 Å². The Bertz CT molecular complexity index is 279. The number of ether oxygens (including phenoxy) is 1. The third kappa shape index (κ3) is 8.03. The molecule has 0 aliphatic heterocycles. The maximum atomic E-state index is 11.8. The predicted octanol–water partition coefficient (Wildman–Crippen LogP) is 0.500. The lowest BCUT2D eigenvalue weighted by Crippen LogP contribution is -2.50. The largest absolute Gasteiger partial charge is 0.481 e. The molecule has 4 N–H and O–H groups in total. The van der Waals surface area contributed by atoms with Crippen LogP contribution in [0, 0.1) is 0 Å². The highest BCUT2D eigenvalue weighted by atomic mass is 16.5. The van der Waals surface area contributed by atoms with Gasteiger partial charge in [0.15, 0.2) is 0 Å². The zero-order valence-electron chi connectivity index (χ0n) is 11.4. The van der Waals surface area contributed by atoms with Gasteiger partial charge >= 0.3 is 5.97 Å². The number of methoxy groups -OCH3 is 1. The third-order valence-electron chi connectivity index (χ3n) is 2.63. The maximum absolute atomic E-state index is 11.8. The molecule has 0 aliphatic rings. The number of carbonyl (C=O) groups excluding carboxylic acids is 1. The van der Waals surface area contributed by atoms with E-state index in [0.717, 1.165) is 6.42 Å². The molecule has 0 radical (unpaired) electrons. The van der Waals surface area contributed by atoms with Gasteiger partial charge in [0.2, 0.25) is 5.91 Å². The van der Waals surface area contributed by atoms with Crippen LogP contribution in [0.5, 0.6) is 0 Å². The number of carboxylic acids is 1. The number of nitrogens with two attached hydrogens (primary N) is 1. The van der Waals surface area contributed by atoms with Crippen molar-refractivity contribution in [2.75, 3.05) is 13.7 Å². The van der Waals surface area contributed by atoms with E-state index in [4.69, 9.17) is 15.6 Å². The number of hydrogen-bond donors (Lipinski definition) is 3. The molecule has 0 aromatic heterocycles.